The highest BCUT2D eigenvalue weighted by atomic mass is 16.4. The van der Waals surface area contributed by atoms with E-state index in [-0.39, 0.29) is 24.1 Å². The van der Waals surface area contributed by atoms with E-state index in [4.69, 9.17) is 5.11 Å². The number of hydrogen-bond donors (Lipinski definition) is 2. The molecule has 1 fully saturated rings. The lowest BCUT2D eigenvalue weighted by Crippen LogP contribution is -2.39. The molecule has 0 bridgehead atoms. The summed E-state index contributed by atoms with van der Waals surface area (Å²) >= 11 is 0. The lowest BCUT2D eigenvalue weighted by atomic mass is 10.0. The second kappa shape index (κ2) is 6.47. The van der Waals surface area contributed by atoms with E-state index in [0.717, 1.165) is 6.42 Å². The van der Waals surface area contributed by atoms with Gasteiger partial charge in [0, 0.05) is 32.2 Å². The Hall–Kier alpha value is -2.24. The van der Waals surface area contributed by atoms with Crippen molar-refractivity contribution in [3.63, 3.8) is 0 Å². The molecule has 1 saturated heterocycles. The van der Waals surface area contributed by atoms with Crippen molar-refractivity contribution in [1.29, 1.82) is 0 Å². The van der Waals surface area contributed by atoms with Crippen LogP contribution in [0.5, 0.6) is 5.75 Å². The number of benzene rings is 1. The molecule has 0 saturated carbocycles. The highest BCUT2D eigenvalue weighted by molar-refractivity contribution is 5.91. The molecule has 6 nitrogen and oxygen atoms in total. The highest BCUT2D eigenvalue weighted by Crippen LogP contribution is 2.24. The number of urea groups is 1. The van der Waals surface area contributed by atoms with Gasteiger partial charge >= 0.3 is 12.0 Å². The molecule has 2 rings (SSSR count). The van der Waals surface area contributed by atoms with Gasteiger partial charge in [-0.2, -0.15) is 0 Å². The van der Waals surface area contributed by atoms with Crippen molar-refractivity contribution < 1.29 is 19.8 Å². The molecule has 114 valence electrons. The number of likely N-dealkylation sites (tertiary alicyclic amines) is 1. The standard InChI is InChI=1S/C15H20N2O4/c1-16(12-3-5-13(18)6-4-12)15(21)17-9-8-11(10-17)2-7-14(19)20/h3-6,11,18H,2,7-10H2,1H3,(H,19,20). The zero-order valence-corrected chi connectivity index (χ0v) is 12.0. The van der Waals surface area contributed by atoms with Gasteiger partial charge in [-0.25, -0.2) is 4.79 Å². The van der Waals surface area contributed by atoms with Gasteiger partial charge in [-0.3, -0.25) is 9.69 Å². The number of hydrogen-bond acceptors (Lipinski definition) is 3. The number of phenolic OH excluding ortho intramolecular Hbond substituents is 1. The van der Waals surface area contributed by atoms with E-state index in [0.29, 0.717) is 25.2 Å². The van der Waals surface area contributed by atoms with Crippen molar-refractivity contribution in [2.24, 2.45) is 5.92 Å². The molecule has 0 spiro atoms. The van der Waals surface area contributed by atoms with Crippen molar-refractivity contribution in [2.45, 2.75) is 19.3 Å². The summed E-state index contributed by atoms with van der Waals surface area (Å²) in [4.78, 5) is 26.3. The summed E-state index contributed by atoms with van der Waals surface area (Å²) in [5.41, 5.74) is 0.715. The number of carbonyl (C=O) groups excluding carboxylic acids is 1. The van der Waals surface area contributed by atoms with Gasteiger partial charge in [0.15, 0.2) is 0 Å². The third-order valence-corrected chi connectivity index (χ3v) is 3.85. The van der Waals surface area contributed by atoms with Crippen LogP contribution in [0, 0.1) is 5.92 Å². The van der Waals surface area contributed by atoms with E-state index in [1.807, 2.05) is 0 Å². The first-order valence-corrected chi connectivity index (χ1v) is 7.01. The minimum atomic E-state index is -0.791. The number of aliphatic carboxylic acids is 1. The highest BCUT2D eigenvalue weighted by Gasteiger charge is 2.28. The summed E-state index contributed by atoms with van der Waals surface area (Å²) in [6.45, 7) is 1.26. The lowest BCUT2D eigenvalue weighted by molar-refractivity contribution is -0.137. The van der Waals surface area contributed by atoms with E-state index < -0.39 is 5.97 Å². The molecular formula is C15H20N2O4. The van der Waals surface area contributed by atoms with Gasteiger partial charge in [0.2, 0.25) is 0 Å². The molecule has 1 aromatic carbocycles. The maximum absolute atomic E-state index is 12.4. The maximum atomic E-state index is 12.4. The molecule has 1 heterocycles. The summed E-state index contributed by atoms with van der Waals surface area (Å²) in [6, 6.07) is 6.35. The molecule has 2 N–H and O–H groups in total. The van der Waals surface area contributed by atoms with Gasteiger partial charge < -0.3 is 15.1 Å². The largest absolute Gasteiger partial charge is 0.508 e. The molecule has 0 aliphatic carbocycles. The van der Waals surface area contributed by atoms with Crippen LogP contribution in [0.2, 0.25) is 0 Å². The van der Waals surface area contributed by atoms with Crippen molar-refractivity contribution >= 4 is 17.7 Å². The van der Waals surface area contributed by atoms with E-state index >= 15 is 0 Å². The van der Waals surface area contributed by atoms with Gasteiger partial charge in [0.1, 0.15) is 5.75 Å². The molecule has 2 amide bonds. The van der Waals surface area contributed by atoms with Crippen LogP contribution in [0.15, 0.2) is 24.3 Å². The van der Waals surface area contributed by atoms with Crippen LogP contribution in [-0.4, -0.2) is 47.3 Å². The maximum Gasteiger partial charge on any atom is 0.324 e. The average Bonchev–Trinajstić information content (AvgIpc) is 2.93. The molecule has 1 unspecified atom stereocenters. The fraction of sp³-hybridized carbons (Fsp3) is 0.467. The van der Waals surface area contributed by atoms with Crippen LogP contribution in [0.3, 0.4) is 0 Å². The molecular weight excluding hydrogens is 272 g/mol. The summed E-state index contributed by atoms with van der Waals surface area (Å²) in [5, 5.41) is 18.0. The van der Waals surface area contributed by atoms with Crippen molar-refractivity contribution in [3.8, 4) is 5.75 Å². The van der Waals surface area contributed by atoms with Crippen LogP contribution in [-0.2, 0) is 4.79 Å². The average molecular weight is 292 g/mol. The zero-order valence-electron chi connectivity index (χ0n) is 12.0. The van der Waals surface area contributed by atoms with Crippen molar-refractivity contribution in [3.05, 3.63) is 24.3 Å². The number of carbonyl (C=O) groups is 2. The fourth-order valence-corrected chi connectivity index (χ4v) is 2.57. The third-order valence-electron chi connectivity index (χ3n) is 3.85. The normalized spacial score (nSPS) is 17.8. The number of carboxylic acid groups (broad SMARTS) is 1. The smallest absolute Gasteiger partial charge is 0.324 e. The van der Waals surface area contributed by atoms with E-state index in [1.165, 1.54) is 0 Å². The second-order valence-electron chi connectivity index (χ2n) is 5.39. The molecule has 1 aliphatic rings. The first kappa shape index (κ1) is 15.2. The van der Waals surface area contributed by atoms with Gasteiger partial charge in [0.25, 0.3) is 0 Å². The Balaban J connectivity index is 1.91. The predicted molar refractivity (Wildman–Crippen MR) is 78.5 cm³/mol. The monoisotopic (exact) mass is 292 g/mol. The first-order valence-electron chi connectivity index (χ1n) is 7.01. The van der Waals surface area contributed by atoms with Crippen molar-refractivity contribution in [2.75, 3.05) is 25.0 Å². The third kappa shape index (κ3) is 3.87. The summed E-state index contributed by atoms with van der Waals surface area (Å²) in [6.07, 6.45) is 1.62. The number of nitrogens with zero attached hydrogens (tertiary/aromatic N) is 2. The fourth-order valence-electron chi connectivity index (χ4n) is 2.57. The molecule has 6 heteroatoms. The van der Waals surface area contributed by atoms with Crippen LogP contribution >= 0.6 is 0 Å². The van der Waals surface area contributed by atoms with Gasteiger partial charge in [0.05, 0.1) is 0 Å². The van der Waals surface area contributed by atoms with E-state index in [2.05, 4.69) is 0 Å². The molecule has 1 aliphatic heterocycles. The molecule has 0 radical (unpaired) electrons. The van der Waals surface area contributed by atoms with Crippen LogP contribution < -0.4 is 4.90 Å². The Morgan fingerprint density at radius 3 is 2.62 bits per heavy atom. The molecule has 0 aromatic heterocycles. The number of anilines is 1. The Bertz CT molecular complexity index is 515. The minimum absolute atomic E-state index is 0.0986. The Labute approximate surface area is 123 Å². The van der Waals surface area contributed by atoms with Crippen LogP contribution in [0.4, 0.5) is 10.5 Å². The molecule has 21 heavy (non-hydrogen) atoms. The summed E-state index contributed by atoms with van der Waals surface area (Å²) in [7, 11) is 1.69. The van der Waals surface area contributed by atoms with Crippen LogP contribution in [0.1, 0.15) is 19.3 Å². The van der Waals surface area contributed by atoms with E-state index in [1.54, 1.807) is 41.1 Å². The van der Waals surface area contributed by atoms with Gasteiger partial charge in [-0.15, -0.1) is 0 Å². The minimum Gasteiger partial charge on any atom is -0.508 e. The van der Waals surface area contributed by atoms with Crippen molar-refractivity contribution in [1.82, 2.24) is 4.90 Å². The molecule has 1 aromatic rings. The second-order valence-corrected chi connectivity index (χ2v) is 5.39. The number of carboxylic acids is 1. The molecule has 1 atom stereocenters. The zero-order chi connectivity index (χ0) is 15.4. The Morgan fingerprint density at radius 1 is 1.33 bits per heavy atom. The Morgan fingerprint density at radius 2 is 2.00 bits per heavy atom. The summed E-state index contributed by atoms with van der Waals surface area (Å²) < 4.78 is 0. The first-order chi connectivity index (χ1) is 9.97. The van der Waals surface area contributed by atoms with Gasteiger partial charge in [-0.05, 0) is 43.0 Å². The van der Waals surface area contributed by atoms with E-state index in [9.17, 15) is 14.7 Å². The number of aromatic hydroxyl groups is 1. The number of amides is 2. The summed E-state index contributed by atoms with van der Waals surface area (Å²) in [5.74, 6) is -0.367. The Kier molecular flexibility index (Phi) is 4.67. The lowest BCUT2D eigenvalue weighted by Gasteiger charge is -2.24. The quantitative estimate of drug-likeness (QED) is 0.891. The number of phenols is 1. The predicted octanol–water partition coefficient (Wildman–Crippen LogP) is 2.14. The SMILES string of the molecule is CN(C(=O)N1CCC(CCC(=O)O)C1)c1ccc(O)cc1. The van der Waals surface area contributed by atoms with Crippen LogP contribution in [0.25, 0.3) is 0 Å². The topological polar surface area (TPSA) is 81.1 Å². The number of rotatable bonds is 4. The van der Waals surface area contributed by atoms with Gasteiger partial charge in [-0.1, -0.05) is 0 Å².